The van der Waals surface area contributed by atoms with Gasteiger partial charge < -0.3 is 9.84 Å². The lowest BCUT2D eigenvalue weighted by molar-refractivity contribution is 0.189. The lowest BCUT2D eigenvalue weighted by atomic mass is 10.1. The van der Waals surface area contributed by atoms with Gasteiger partial charge >= 0.3 is 0 Å². The van der Waals surface area contributed by atoms with Crippen LogP contribution in [-0.2, 0) is 13.7 Å². The van der Waals surface area contributed by atoms with Crippen LogP contribution in [0.5, 0.6) is 5.75 Å². The molecule has 1 aromatic carbocycles. The molecule has 6 heteroatoms. The summed E-state index contributed by atoms with van der Waals surface area (Å²) >= 11 is 0. The fourth-order valence-corrected chi connectivity index (χ4v) is 1.57. The van der Waals surface area contributed by atoms with Crippen molar-refractivity contribution in [2.24, 2.45) is 7.05 Å². The Morgan fingerprint density at radius 2 is 2.28 bits per heavy atom. The zero-order valence-electron chi connectivity index (χ0n) is 10.2. The zero-order valence-corrected chi connectivity index (χ0v) is 10.2. The summed E-state index contributed by atoms with van der Waals surface area (Å²) in [4.78, 5) is 4.00. The number of halogens is 1. The topological polar surface area (TPSA) is 60.2 Å². The molecule has 1 heterocycles. The fourth-order valence-electron chi connectivity index (χ4n) is 1.57. The number of nitrogens with zero attached hydrogens (tertiary/aromatic N) is 3. The highest BCUT2D eigenvalue weighted by Gasteiger charge is 2.11. The number of hydrogen-bond donors (Lipinski definition) is 1. The minimum atomic E-state index is -0.722. The third-order valence-corrected chi connectivity index (χ3v) is 2.59. The molecule has 18 heavy (non-hydrogen) atoms. The van der Waals surface area contributed by atoms with Gasteiger partial charge in [0.2, 0.25) is 0 Å². The molecule has 0 aliphatic heterocycles. The number of rotatable bonds is 4. The molecule has 1 aromatic heterocycles. The lowest BCUT2D eigenvalue weighted by Gasteiger charge is -2.13. The Bertz CT molecular complexity index is 540. The minimum absolute atomic E-state index is 0.166. The standard InChI is InChI=1S/C12H14FN3O2/c1-8(17)10-4-3-9(13)5-11(10)18-6-12-14-7-15-16(12)2/h3-5,7-8,17H,6H2,1-2H3/t8-/m1/s1. The first kappa shape index (κ1) is 12.5. The van der Waals surface area contributed by atoms with Gasteiger partial charge in [-0.2, -0.15) is 5.10 Å². The monoisotopic (exact) mass is 251 g/mol. The maximum absolute atomic E-state index is 13.2. The number of ether oxygens (including phenoxy) is 1. The summed E-state index contributed by atoms with van der Waals surface area (Å²) in [7, 11) is 1.74. The number of aliphatic hydroxyl groups excluding tert-OH is 1. The van der Waals surface area contributed by atoms with Crippen LogP contribution in [0.3, 0.4) is 0 Å². The van der Waals surface area contributed by atoms with Gasteiger partial charge in [-0.3, -0.25) is 4.68 Å². The van der Waals surface area contributed by atoms with Crippen LogP contribution in [0.2, 0.25) is 0 Å². The van der Waals surface area contributed by atoms with Crippen LogP contribution in [0.1, 0.15) is 24.4 Å². The third kappa shape index (κ3) is 2.65. The molecule has 0 aliphatic carbocycles. The van der Waals surface area contributed by atoms with Crippen LogP contribution in [-0.4, -0.2) is 19.9 Å². The van der Waals surface area contributed by atoms with Crippen molar-refractivity contribution in [1.82, 2.24) is 14.8 Å². The lowest BCUT2D eigenvalue weighted by Crippen LogP contribution is -2.06. The molecule has 0 aliphatic rings. The van der Waals surface area contributed by atoms with Gasteiger partial charge in [0.25, 0.3) is 0 Å². The molecule has 0 spiro atoms. The van der Waals surface area contributed by atoms with Crippen molar-refractivity contribution in [3.8, 4) is 5.75 Å². The van der Waals surface area contributed by atoms with E-state index in [0.29, 0.717) is 17.1 Å². The van der Waals surface area contributed by atoms with E-state index in [4.69, 9.17) is 4.74 Å². The second kappa shape index (κ2) is 5.14. The molecular weight excluding hydrogens is 237 g/mol. The van der Waals surface area contributed by atoms with E-state index in [1.54, 1.807) is 18.7 Å². The van der Waals surface area contributed by atoms with E-state index in [-0.39, 0.29) is 6.61 Å². The molecule has 0 unspecified atom stereocenters. The molecule has 0 saturated carbocycles. The molecule has 1 atom stereocenters. The van der Waals surface area contributed by atoms with Crippen molar-refractivity contribution in [3.63, 3.8) is 0 Å². The smallest absolute Gasteiger partial charge is 0.164 e. The second-order valence-corrected chi connectivity index (χ2v) is 3.95. The van der Waals surface area contributed by atoms with Crippen LogP contribution in [0.25, 0.3) is 0 Å². The maximum atomic E-state index is 13.2. The molecule has 0 fully saturated rings. The molecule has 96 valence electrons. The molecular formula is C12H14FN3O2. The van der Waals surface area contributed by atoms with Crippen molar-refractivity contribution in [3.05, 3.63) is 41.7 Å². The summed E-state index contributed by atoms with van der Waals surface area (Å²) in [6, 6.07) is 4.04. The Morgan fingerprint density at radius 3 is 2.89 bits per heavy atom. The van der Waals surface area contributed by atoms with Crippen LogP contribution in [0.4, 0.5) is 4.39 Å². The number of aliphatic hydroxyl groups is 1. The van der Waals surface area contributed by atoms with E-state index in [9.17, 15) is 9.50 Å². The van der Waals surface area contributed by atoms with Crippen LogP contribution in [0, 0.1) is 5.82 Å². The summed E-state index contributed by atoms with van der Waals surface area (Å²) in [6.07, 6.45) is 0.694. The van der Waals surface area contributed by atoms with Crippen molar-refractivity contribution in [2.75, 3.05) is 0 Å². The minimum Gasteiger partial charge on any atom is -0.485 e. The quantitative estimate of drug-likeness (QED) is 0.896. The number of aryl methyl sites for hydroxylation is 1. The molecule has 0 radical (unpaired) electrons. The van der Waals surface area contributed by atoms with Crippen molar-refractivity contribution >= 4 is 0 Å². The highest BCUT2D eigenvalue weighted by atomic mass is 19.1. The second-order valence-electron chi connectivity index (χ2n) is 3.95. The molecule has 2 rings (SSSR count). The zero-order chi connectivity index (χ0) is 13.1. The van der Waals surface area contributed by atoms with E-state index in [0.717, 1.165) is 0 Å². The van der Waals surface area contributed by atoms with Gasteiger partial charge in [0, 0.05) is 18.7 Å². The highest BCUT2D eigenvalue weighted by molar-refractivity contribution is 5.35. The average Bonchev–Trinajstić information content (AvgIpc) is 2.72. The number of aromatic nitrogens is 3. The van der Waals surface area contributed by atoms with Gasteiger partial charge in [-0.15, -0.1) is 0 Å². The first-order chi connectivity index (χ1) is 8.58. The number of benzene rings is 1. The Hall–Kier alpha value is -1.95. The van der Waals surface area contributed by atoms with Gasteiger partial charge in [0.1, 0.15) is 24.5 Å². The van der Waals surface area contributed by atoms with E-state index in [1.165, 1.54) is 24.5 Å². The van der Waals surface area contributed by atoms with E-state index < -0.39 is 11.9 Å². The summed E-state index contributed by atoms with van der Waals surface area (Å²) in [6.45, 7) is 1.77. The molecule has 5 nitrogen and oxygen atoms in total. The van der Waals surface area contributed by atoms with Gasteiger partial charge in [0.15, 0.2) is 5.82 Å². The summed E-state index contributed by atoms with van der Waals surface area (Å²) in [5.41, 5.74) is 0.540. The van der Waals surface area contributed by atoms with Gasteiger partial charge in [-0.1, -0.05) is 0 Å². The molecule has 0 saturated heterocycles. The van der Waals surface area contributed by atoms with Gasteiger partial charge in [-0.25, -0.2) is 9.37 Å². The third-order valence-electron chi connectivity index (χ3n) is 2.59. The average molecular weight is 251 g/mol. The maximum Gasteiger partial charge on any atom is 0.164 e. The van der Waals surface area contributed by atoms with E-state index in [2.05, 4.69) is 10.1 Å². The Morgan fingerprint density at radius 1 is 1.50 bits per heavy atom. The SMILES string of the molecule is C[C@@H](O)c1ccc(F)cc1OCc1ncnn1C. The first-order valence-corrected chi connectivity index (χ1v) is 5.51. The summed E-state index contributed by atoms with van der Waals surface area (Å²) < 4.78 is 20.2. The Labute approximate surface area is 104 Å². The molecule has 2 aromatic rings. The van der Waals surface area contributed by atoms with Crippen LogP contribution >= 0.6 is 0 Å². The fraction of sp³-hybridized carbons (Fsp3) is 0.333. The largest absolute Gasteiger partial charge is 0.485 e. The molecule has 1 N–H and O–H groups in total. The number of hydrogen-bond acceptors (Lipinski definition) is 4. The van der Waals surface area contributed by atoms with Crippen molar-refractivity contribution in [2.45, 2.75) is 19.6 Å². The normalized spacial score (nSPS) is 12.4. The highest BCUT2D eigenvalue weighted by Crippen LogP contribution is 2.26. The van der Waals surface area contributed by atoms with Crippen LogP contribution in [0.15, 0.2) is 24.5 Å². The van der Waals surface area contributed by atoms with Gasteiger partial charge in [0.05, 0.1) is 6.10 Å². The molecule has 0 bridgehead atoms. The predicted molar refractivity (Wildman–Crippen MR) is 62.4 cm³/mol. The Balaban J connectivity index is 2.18. The molecule has 0 amide bonds. The van der Waals surface area contributed by atoms with E-state index >= 15 is 0 Å². The predicted octanol–water partition coefficient (Wildman–Crippen LogP) is 1.59. The van der Waals surface area contributed by atoms with Crippen molar-refractivity contribution in [1.29, 1.82) is 0 Å². The van der Waals surface area contributed by atoms with E-state index in [1.807, 2.05) is 0 Å². The summed E-state index contributed by atoms with van der Waals surface area (Å²) in [5, 5.41) is 13.5. The summed E-state index contributed by atoms with van der Waals surface area (Å²) in [5.74, 6) is 0.524. The first-order valence-electron chi connectivity index (χ1n) is 5.51. The van der Waals surface area contributed by atoms with Gasteiger partial charge in [-0.05, 0) is 19.1 Å². The van der Waals surface area contributed by atoms with Crippen molar-refractivity contribution < 1.29 is 14.2 Å². The van der Waals surface area contributed by atoms with Crippen LogP contribution < -0.4 is 4.74 Å². The Kier molecular flexibility index (Phi) is 3.57.